The molecule has 1 aromatic carbocycles. The van der Waals surface area contributed by atoms with Gasteiger partial charge in [0.1, 0.15) is 0 Å². The van der Waals surface area contributed by atoms with Crippen LogP contribution in [0.15, 0.2) is 36.4 Å². The van der Waals surface area contributed by atoms with Crippen LogP contribution in [0.5, 0.6) is 0 Å². The van der Waals surface area contributed by atoms with Crippen LogP contribution in [0.2, 0.25) is 5.02 Å². The summed E-state index contributed by atoms with van der Waals surface area (Å²) in [4.78, 5) is 21.3. The molecule has 0 amide bonds. The van der Waals surface area contributed by atoms with Gasteiger partial charge in [0.25, 0.3) is 0 Å². The van der Waals surface area contributed by atoms with Gasteiger partial charge in [-0.3, -0.25) is 0 Å². The van der Waals surface area contributed by atoms with Gasteiger partial charge in [-0.2, -0.15) is 0 Å². The Labute approximate surface area is 107 Å². The highest BCUT2D eigenvalue weighted by Gasteiger charge is 2.14. The zero-order valence-electron chi connectivity index (χ0n) is 8.47. The maximum Gasteiger partial charge on any atom is 0.332 e. The molecule has 1 N–H and O–H groups in total. The van der Waals surface area contributed by atoms with Crippen LogP contribution in [-0.4, -0.2) is 17.0 Å². The Morgan fingerprint density at radius 3 is 2.53 bits per heavy atom. The first-order valence-corrected chi connectivity index (χ1v) is 5.32. The molecule has 0 spiro atoms. The zero-order valence-corrected chi connectivity index (χ0v) is 9.98. The first kappa shape index (κ1) is 13.5. The molecule has 0 saturated heterocycles. The Hall–Kier alpha value is -1.52. The van der Waals surface area contributed by atoms with E-state index >= 15 is 0 Å². The third kappa shape index (κ3) is 4.46. The van der Waals surface area contributed by atoms with Crippen molar-refractivity contribution in [3.8, 4) is 0 Å². The minimum absolute atomic E-state index is 0.363. The summed E-state index contributed by atoms with van der Waals surface area (Å²) in [5.74, 6) is -2.10. The van der Waals surface area contributed by atoms with Crippen LogP contribution in [0.3, 0.4) is 0 Å². The van der Waals surface area contributed by atoms with Gasteiger partial charge in [0.15, 0.2) is 0 Å². The maximum absolute atomic E-state index is 11.1. The van der Waals surface area contributed by atoms with E-state index in [0.29, 0.717) is 16.7 Å². The molecule has 1 rings (SSSR count). The van der Waals surface area contributed by atoms with Crippen molar-refractivity contribution in [3.63, 3.8) is 0 Å². The molecule has 4 nitrogen and oxygen atoms in total. The summed E-state index contributed by atoms with van der Waals surface area (Å²) in [6.45, 7) is 0. The number of ether oxygens (including phenoxy) is 1. The molecule has 0 aromatic heterocycles. The van der Waals surface area contributed by atoms with E-state index in [1.54, 1.807) is 24.3 Å². The molecule has 1 aromatic rings. The summed E-state index contributed by atoms with van der Waals surface area (Å²) in [5.41, 5.74) is -0.623. The van der Waals surface area contributed by atoms with Gasteiger partial charge in [0.2, 0.25) is 5.56 Å². The number of hydrogen-bond acceptors (Lipinski definition) is 3. The third-order valence-corrected chi connectivity index (χ3v) is 2.40. The number of rotatable bonds is 4. The fourth-order valence-corrected chi connectivity index (χ4v) is 1.57. The van der Waals surface area contributed by atoms with E-state index in [4.69, 9.17) is 33.0 Å². The number of esters is 1. The molecule has 0 fully saturated rings. The highest BCUT2D eigenvalue weighted by atomic mass is 35.5. The van der Waals surface area contributed by atoms with Gasteiger partial charge >= 0.3 is 11.9 Å². The number of hydrogen-bond donors (Lipinski definition) is 1. The predicted octanol–water partition coefficient (Wildman–Crippen LogP) is 2.76. The Balaban J connectivity index is 2.67. The average Bonchev–Trinajstić information content (AvgIpc) is 2.26. The molecular formula is C11H8Cl2O4. The van der Waals surface area contributed by atoms with E-state index in [2.05, 4.69) is 0 Å². The van der Waals surface area contributed by atoms with Gasteiger partial charge in [-0.25, -0.2) is 9.59 Å². The lowest BCUT2D eigenvalue weighted by Crippen LogP contribution is -2.05. The Morgan fingerprint density at radius 1 is 1.29 bits per heavy atom. The monoisotopic (exact) mass is 274 g/mol. The average molecular weight is 275 g/mol. The van der Waals surface area contributed by atoms with E-state index < -0.39 is 17.5 Å². The smallest absolute Gasteiger partial charge is 0.332 e. The minimum Gasteiger partial charge on any atom is -0.478 e. The number of benzene rings is 1. The van der Waals surface area contributed by atoms with Crippen molar-refractivity contribution in [1.29, 1.82) is 0 Å². The molecule has 0 heterocycles. The second kappa shape index (κ2) is 6.27. The number of halogens is 2. The molecular weight excluding hydrogens is 267 g/mol. The van der Waals surface area contributed by atoms with Gasteiger partial charge < -0.3 is 9.84 Å². The lowest BCUT2D eigenvalue weighted by molar-refractivity contribution is -0.140. The highest BCUT2D eigenvalue weighted by Crippen LogP contribution is 2.28. The molecule has 90 valence electrons. The van der Waals surface area contributed by atoms with E-state index in [1.807, 2.05) is 0 Å². The quantitative estimate of drug-likeness (QED) is 0.521. The molecule has 6 heteroatoms. The van der Waals surface area contributed by atoms with Crippen molar-refractivity contribution in [1.82, 2.24) is 0 Å². The van der Waals surface area contributed by atoms with Crippen LogP contribution in [0.1, 0.15) is 11.1 Å². The van der Waals surface area contributed by atoms with E-state index in [9.17, 15) is 9.59 Å². The third-order valence-electron chi connectivity index (χ3n) is 1.73. The summed E-state index contributed by atoms with van der Waals surface area (Å²) < 4.78 is 4.76. The normalized spacial score (nSPS) is 12.4. The van der Waals surface area contributed by atoms with Crippen molar-refractivity contribution >= 4 is 35.1 Å². The van der Waals surface area contributed by atoms with Gasteiger partial charge in [-0.05, 0) is 6.07 Å². The van der Waals surface area contributed by atoms with E-state index in [1.165, 1.54) is 0 Å². The topological polar surface area (TPSA) is 63.6 Å². The fraction of sp³-hybridized carbons (Fsp3) is 0.0909. The molecule has 0 aliphatic rings. The molecule has 1 unspecified atom stereocenters. The summed E-state index contributed by atoms with van der Waals surface area (Å²) in [7, 11) is 0. The maximum atomic E-state index is 11.1. The molecule has 0 aliphatic heterocycles. The summed E-state index contributed by atoms with van der Waals surface area (Å²) >= 11 is 11.7. The Kier molecular flexibility index (Phi) is 5.00. The van der Waals surface area contributed by atoms with Gasteiger partial charge in [-0.15, -0.1) is 0 Å². The second-order valence-electron chi connectivity index (χ2n) is 2.95. The van der Waals surface area contributed by atoms with Crippen molar-refractivity contribution in [2.24, 2.45) is 0 Å². The number of alkyl halides is 1. The summed E-state index contributed by atoms with van der Waals surface area (Å²) in [6.07, 6.45) is 1.44. The molecule has 0 aliphatic carbocycles. The van der Waals surface area contributed by atoms with Gasteiger partial charge in [-0.1, -0.05) is 41.4 Å². The number of carboxylic acid groups (broad SMARTS) is 1. The Bertz CT molecular complexity index is 457. The fourth-order valence-electron chi connectivity index (χ4n) is 1.00. The summed E-state index contributed by atoms with van der Waals surface area (Å²) in [5, 5.41) is 8.67. The van der Waals surface area contributed by atoms with Crippen LogP contribution < -0.4 is 0 Å². The first-order valence-electron chi connectivity index (χ1n) is 4.51. The number of carbonyl (C=O) groups is 2. The van der Waals surface area contributed by atoms with Crippen molar-refractivity contribution in [2.75, 3.05) is 0 Å². The first-order chi connectivity index (χ1) is 8.00. The molecule has 1 atom stereocenters. The highest BCUT2D eigenvalue weighted by molar-refractivity contribution is 6.32. The lowest BCUT2D eigenvalue weighted by atomic mass is 10.2. The lowest BCUT2D eigenvalue weighted by Gasteiger charge is -2.11. The largest absolute Gasteiger partial charge is 0.478 e. The van der Waals surface area contributed by atoms with Crippen LogP contribution in [0, 0.1) is 0 Å². The van der Waals surface area contributed by atoms with Crippen LogP contribution >= 0.6 is 23.2 Å². The zero-order chi connectivity index (χ0) is 12.8. The SMILES string of the molecule is O=C(O)/C=C\C(=O)OC(Cl)c1ccccc1Cl. The Morgan fingerprint density at radius 2 is 1.94 bits per heavy atom. The van der Waals surface area contributed by atoms with E-state index in [0.717, 1.165) is 6.08 Å². The van der Waals surface area contributed by atoms with Crippen molar-refractivity contribution in [2.45, 2.75) is 5.56 Å². The van der Waals surface area contributed by atoms with Gasteiger partial charge in [0.05, 0.1) is 0 Å². The standard InChI is InChI=1S/C11H8Cl2O4/c12-8-4-2-1-3-7(8)11(13)17-10(16)6-5-9(14)15/h1-6,11H,(H,14,15)/b6-5-. The summed E-state index contributed by atoms with van der Waals surface area (Å²) in [6, 6.07) is 6.61. The van der Waals surface area contributed by atoms with Crippen LogP contribution in [-0.2, 0) is 14.3 Å². The van der Waals surface area contributed by atoms with Crippen LogP contribution in [0.4, 0.5) is 0 Å². The second-order valence-corrected chi connectivity index (χ2v) is 3.75. The van der Waals surface area contributed by atoms with Crippen LogP contribution in [0.25, 0.3) is 0 Å². The molecule has 0 bridgehead atoms. The van der Waals surface area contributed by atoms with Gasteiger partial charge in [0, 0.05) is 22.7 Å². The predicted molar refractivity (Wildman–Crippen MR) is 62.9 cm³/mol. The van der Waals surface area contributed by atoms with Crippen molar-refractivity contribution < 1.29 is 19.4 Å². The minimum atomic E-state index is -1.24. The number of carboxylic acids is 1. The van der Waals surface area contributed by atoms with Crippen molar-refractivity contribution in [3.05, 3.63) is 47.0 Å². The molecule has 17 heavy (non-hydrogen) atoms. The molecule has 0 saturated carbocycles. The number of aliphatic carboxylic acids is 1. The number of carbonyl (C=O) groups excluding carboxylic acids is 1. The van der Waals surface area contributed by atoms with E-state index in [-0.39, 0.29) is 0 Å². The molecule has 0 radical (unpaired) electrons.